The van der Waals surface area contributed by atoms with E-state index in [1.165, 1.54) is 0 Å². The molecule has 1 N–H and O–H groups in total. The molecule has 0 aromatic carbocycles. The third kappa shape index (κ3) is 4.43. The highest BCUT2D eigenvalue weighted by Gasteiger charge is 2.15. The van der Waals surface area contributed by atoms with Crippen LogP contribution < -0.4 is 5.32 Å². The molecule has 0 bridgehead atoms. The molecule has 0 saturated heterocycles. The van der Waals surface area contributed by atoms with Crippen LogP contribution in [0.1, 0.15) is 17.8 Å². The quantitative estimate of drug-likeness (QED) is 0.654. The van der Waals surface area contributed by atoms with Crippen molar-refractivity contribution in [2.24, 2.45) is 0 Å². The SMILES string of the molecule is Cc1ccc(-c2nc(NCCCN(C)C)ncc2-c2cc(C)no2)cn1. The molecule has 0 radical (unpaired) electrons. The van der Waals surface area contributed by atoms with Gasteiger partial charge in [0.2, 0.25) is 5.95 Å². The smallest absolute Gasteiger partial charge is 0.223 e. The second-order valence-corrected chi connectivity index (χ2v) is 6.56. The van der Waals surface area contributed by atoms with Gasteiger partial charge in [-0.2, -0.15) is 0 Å². The van der Waals surface area contributed by atoms with Gasteiger partial charge in [-0.25, -0.2) is 9.97 Å². The summed E-state index contributed by atoms with van der Waals surface area (Å²) in [6.45, 7) is 5.67. The molecule has 0 aliphatic rings. The normalized spacial score (nSPS) is 11.1. The zero-order valence-electron chi connectivity index (χ0n) is 15.7. The van der Waals surface area contributed by atoms with Gasteiger partial charge < -0.3 is 14.7 Å². The molecule has 3 aromatic heterocycles. The first-order chi connectivity index (χ1) is 12.5. The molecule has 0 amide bonds. The maximum absolute atomic E-state index is 5.42. The Morgan fingerprint density at radius 3 is 2.58 bits per heavy atom. The standard InChI is InChI=1S/C19H24N6O/c1-13-6-7-15(11-21-13)18-16(17-10-14(2)24-26-17)12-22-19(23-18)20-8-5-9-25(3)4/h6-7,10-12H,5,8-9H2,1-4H3,(H,20,22,23). The van der Waals surface area contributed by atoms with E-state index in [1.807, 2.05) is 38.2 Å². The van der Waals surface area contributed by atoms with Crippen molar-refractivity contribution in [3.8, 4) is 22.6 Å². The third-order valence-electron chi connectivity index (χ3n) is 3.93. The summed E-state index contributed by atoms with van der Waals surface area (Å²) in [4.78, 5) is 15.7. The van der Waals surface area contributed by atoms with Crippen molar-refractivity contribution in [1.82, 2.24) is 25.0 Å². The summed E-state index contributed by atoms with van der Waals surface area (Å²) in [5.74, 6) is 1.25. The minimum atomic E-state index is 0.597. The zero-order chi connectivity index (χ0) is 18.5. The van der Waals surface area contributed by atoms with E-state index in [4.69, 9.17) is 9.51 Å². The van der Waals surface area contributed by atoms with Crippen molar-refractivity contribution in [1.29, 1.82) is 0 Å². The van der Waals surface area contributed by atoms with Crippen LogP contribution in [0, 0.1) is 13.8 Å². The number of nitrogens with zero attached hydrogens (tertiary/aromatic N) is 5. The van der Waals surface area contributed by atoms with Crippen LogP contribution >= 0.6 is 0 Å². The van der Waals surface area contributed by atoms with Gasteiger partial charge in [-0.05, 0) is 53.0 Å². The van der Waals surface area contributed by atoms with E-state index in [0.717, 1.165) is 47.7 Å². The van der Waals surface area contributed by atoms with E-state index in [-0.39, 0.29) is 0 Å². The van der Waals surface area contributed by atoms with Crippen LogP contribution in [0.3, 0.4) is 0 Å². The first kappa shape index (κ1) is 18.0. The number of hydrogen-bond donors (Lipinski definition) is 1. The topological polar surface area (TPSA) is 80.0 Å². The molecule has 0 aliphatic carbocycles. The van der Waals surface area contributed by atoms with Crippen molar-refractivity contribution < 1.29 is 4.52 Å². The highest BCUT2D eigenvalue weighted by molar-refractivity contribution is 5.78. The van der Waals surface area contributed by atoms with E-state index in [0.29, 0.717) is 11.7 Å². The van der Waals surface area contributed by atoms with Crippen LogP contribution in [0.2, 0.25) is 0 Å². The Balaban J connectivity index is 1.91. The van der Waals surface area contributed by atoms with Crippen LogP contribution in [0.15, 0.2) is 35.1 Å². The molecular weight excluding hydrogens is 328 g/mol. The van der Waals surface area contributed by atoms with E-state index in [9.17, 15) is 0 Å². The summed E-state index contributed by atoms with van der Waals surface area (Å²) in [7, 11) is 4.13. The number of anilines is 1. The van der Waals surface area contributed by atoms with E-state index >= 15 is 0 Å². The first-order valence-corrected chi connectivity index (χ1v) is 8.65. The van der Waals surface area contributed by atoms with E-state index < -0.39 is 0 Å². The summed E-state index contributed by atoms with van der Waals surface area (Å²) in [5.41, 5.74) is 4.27. The molecule has 7 heteroatoms. The highest BCUT2D eigenvalue weighted by Crippen LogP contribution is 2.31. The van der Waals surface area contributed by atoms with Crippen molar-refractivity contribution in [3.05, 3.63) is 42.0 Å². The summed E-state index contributed by atoms with van der Waals surface area (Å²) in [6, 6.07) is 5.86. The zero-order valence-corrected chi connectivity index (χ0v) is 15.7. The minimum absolute atomic E-state index is 0.597. The van der Waals surface area contributed by atoms with E-state index in [1.54, 1.807) is 6.20 Å². The van der Waals surface area contributed by atoms with Gasteiger partial charge in [-0.1, -0.05) is 5.16 Å². The Kier molecular flexibility index (Phi) is 5.58. The Bertz CT molecular complexity index is 857. The number of rotatable bonds is 7. The number of pyridine rings is 1. The fraction of sp³-hybridized carbons (Fsp3) is 0.368. The summed E-state index contributed by atoms with van der Waals surface area (Å²) >= 11 is 0. The van der Waals surface area contributed by atoms with Crippen LogP contribution in [0.5, 0.6) is 0 Å². The van der Waals surface area contributed by atoms with Gasteiger partial charge in [0.15, 0.2) is 5.76 Å². The lowest BCUT2D eigenvalue weighted by molar-refractivity contribution is 0.405. The molecule has 3 heterocycles. The van der Waals surface area contributed by atoms with Crippen molar-refractivity contribution >= 4 is 5.95 Å². The molecule has 3 rings (SSSR count). The molecule has 3 aromatic rings. The van der Waals surface area contributed by atoms with Gasteiger partial charge >= 0.3 is 0 Å². The van der Waals surface area contributed by atoms with Gasteiger partial charge in [0.1, 0.15) is 0 Å². The largest absolute Gasteiger partial charge is 0.356 e. The lowest BCUT2D eigenvalue weighted by Gasteiger charge is -2.12. The van der Waals surface area contributed by atoms with Gasteiger partial charge in [0.25, 0.3) is 0 Å². The number of hydrogen-bond acceptors (Lipinski definition) is 7. The molecule has 136 valence electrons. The van der Waals surface area contributed by atoms with Crippen molar-refractivity contribution in [2.45, 2.75) is 20.3 Å². The second kappa shape index (κ2) is 8.05. The summed E-state index contributed by atoms with van der Waals surface area (Å²) in [5, 5.41) is 7.26. The molecular formula is C19H24N6O. The monoisotopic (exact) mass is 352 g/mol. The maximum Gasteiger partial charge on any atom is 0.223 e. The summed E-state index contributed by atoms with van der Waals surface area (Å²) < 4.78 is 5.42. The predicted octanol–water partition coefficient (Wildman–Crippen LogP) is 3.17. The number of nitrogens with one attached hydrogen (secondary N) is 1. The third-order valence-corrected chi connectivity index (χ3v) is 3.93. The lowest BCUT2D eigenvalue weighted by atomic mass is 10.1. The fourth-order valence-electron chi connectivity index (χ4n) is 2.56. The second-order valence-electron chi connectivity index (χ2n) is 6.56. The van der Waals surface area contributed by atoms with Crippen LogP contribution in [0.25, 0.3) is 22.6 Å². The first-order valence-electron chi connectivity index (χ1n) is 8.65. The van der Waals surface area contributed by atoms with Crippen LogP contribution in [0.4, 0.5) is 5.95 Å². The molecule has 26 heavy (non-hydrogen) atoms. The average molecular weight is 352 g/mol. The Morgan fingerprint density at radius 1 is 1.08 bits per heavy atom. The van der Waals surface area contributed by atoms with Gasteiger partial charge in [-0.3, -0.25) is 4.98 Å². The predicted molar refractivity (Wildman–Crippen MR) is 102 cm³/mol. The average Bonchev–Trinajstić information content (AvgIpc) is 3.05. The molecule has 0 saturated carbocycles. The molecule has 0 aliphatic heterocycles. The fourth-order valence-corrected chi connectivity index (χ4v) is 2.56. The van der Waals surface area contributed by atoms with Gasteiger partial charge in [0.05, 0.1) is 17.0 Å². The molecule has 7 nitrogen and oxygen atoms in total. The molecule has 0 atom stereocenters. The molecule has 0 unspecified atom stereocenters. The Hall–Kier alpha value is -2.80. The van der Waals surface area contributed by atoms with Gasteiger partial charge in [-0.15, -0.1) is 0 Å². The highest BCUT2D eigenvalue weighted by atomic mass is 16.5. The van der Waals surface area contributed by atoms with Crippen molar-refractivity contribution in [2.75, 3.05) is 32.5 Å². The number of aryl methyl sites for hydroxylation is 2. The molecule has 0 spiro atoms. The van der Waals surface area contributed by atoms with Crippen molar-refractivity contribution in [3.63, 3.8) is 0 Å². The Labute approximate surface area is 153 Å². The number of aromatic nitrogens is 4. The molecule has 0 fully saturated rings. The Morgan fingerprint density at radius 2 is 1.92 bits per heavy atom. The van der Waals surface area contributed by atoms with E-state index in [2.05, 4.69) is 39.4 Å². The van der Waals surface area contributed by atoms with Crippen LogP contribution in [-0.4, -0.2) is 52.2 Å². The summed E-state index contributed by atoms with van der Waals surface area (Å²) in [6.07, 6.45) is 4.61. The minimum Gasteiger partial charge on any atom is -0.356 e. The van der Waals surface area contributed by atoms with Crippen LogP contribution in [-0.2, 0) is 0 Å². The lowest BCUT2D eigenvalue weighted by Crippen LogP contribution is -2.17. The van der Waals surface area contributed by atoms with Gasteiger partial charge in [0, 0.05) is 36.3 Å². The maximum atomic E-state index is 5.42.